The number of carbonyl (C=O) groups is 2. The van der Waals surface area contributed by atoms with Gasteiger partial charge in [-0.05, 0) is 61.4 Å². The standard InChI is InChI=1S/C36H31Cl2FN4O9.CH4/c1-3-52-22-7-4-6-19(14-22)18-41-29(17-30(44)23-12-10-20(34(45)51-2)15-28(23)42(47)48)33(43(49)50)31(24-8-5-9-26(38)32(24)39)36(41)25-13-11-21(37)16-27(25)40-35(36)46;/h4-16,29-31,33,44H,3,17-18H2,1-2H3,(H,40,46);1H4/t29-,30?,31-,33+,36+;/m0./s1. The van der Waals surface area contributed by atoms with E-state index in [9.17, 15) is 34.9 Å². The largest absolute Gasteiger partial charge is 0.494 e. The fourth-order valence-corrected chi connectivity index (χ4v) is 7.96. The molecule has 1 saturated heterocycles. The first-order chi connectivity index (χ1) is 24.8. The average Bonchev–Trinajstić information content (AvgIpc) is 3.55. The molecular weight excluding hydrogens is 734 g/mol. The number of carbonyl (C=O) groups excluding carboxylic acids is 2. The van der Waals surface area contributed by atoms with Gasteiger partial charge in [-0.25, -0.2) is 9.18 Å². The van der Waals surface area contributed by atoms with Gasteiger partial charge in [0, 0.05) is 39.4 Å². The number of nitrogens with zero attached hydrogens (tertiary/aromatic N) is 3. The molecule has 2 heterocycles. The third-order valence-electron chi connectivity index (χ3n) is 9.62. The van der Waals surface area contributed by atoms with Crippen LogP contribution in [0.2, 0.25) is 10.0 Å². The molecule has 5 atom stereocenters. The first-order valence-electron chi connectivity index (χ1n) is 16.1. The number of ether oxygens (including phenoxy) is 2. The van der Waals surface area contributed by atoms with Crippen LogP contribution in [0.25, 0.3) is 0 Å². The highest BCUT2D eigenvalue weighted by molar-refractivity contribution is 6.31. The molecule has 6 rings (SSSR count). The maximum Gasteiger partial charge on any atom is 0.338 e. The lowest BCUT2D eigenvalue weighted by Crippen LogP contribution is -2.51. The van der Waals surface area contributed by atoms with Crippen molar-refractivity contribution < 1.29 is 38.4 Å². The summed E-state index contributed by atoms with van der Waals surface area (Å²) < 4.78 is 26.6. The van der Waals surface area contributed by atoms with Gasteiger partial charge in [-0.15, -0.1) is 0 Å². The number of aliphatic hydroxyl groups excluding tert-OH is 1. The van der Waals surface area contributed by atoms with Gasteiger partial charge in [0.2, 0.25) is 6.04 Å². The fourth-order valence-electron chi connectivity index (χ4n) is 7.60. The average molecular weight is 770 g/mol. The van der Waals surface area contributed by atoms with Crippen LogP contribution in [-0.2, 0) is 21.6 Å². The number of likely N-dealkylation sites (tertiary alicyclic amines) is 1. The minimum Gasteiger partial charge on any atom is -0.494 e. The Bertz CT molecular complexity index is 2100. The van der Waals surface area contributed by atoms with Crippen LogP contribution in [0.5, 0.6) is 5.75 Å². The van der Waals surface area contributed by atoms with Crippen LogP contribution in [0.3, 0.4) is 0 Å². The number of aliphatic hydroxyl groups is 1. The summed E-state index contributed by atoms with van der Waals surface area (Å²) in [5.74, 6) is -3.60. The van der Waals surface area contributed by atoms with Gasteiger partial charge >= 0.3 is 5.97 Å². The lowest BCUT2D eigenvalue weighted by atomic mass is 9.73. The third-order valence-corrected chi connectivity index (χ3v) is 10.1. The number of amides is 1. The van der Waals surface area contributed by atoms with E-state index in [2.05, 4.69) is 10.1 Å². The van der Waals surface area contributed by atoms with Crippen LogP contribution < -0.4 is 10.1 Å². The summed E-state index contributed by atoms with van der Waals surface area (Å²) in [6.45, 7) is 1.99. The molecule has 278 valence electrons. The summed E-state index contributed by atoms with van der Waals surface area (Å²) in [7, 11) is 1.10. The summed E-state index contributed by atoms with van der Waals surface area (Å²) in [6, 6.07) is 15.6. The SMILES string of the molecule is C.CCOc1cccc(CN2[C@@H](CC(O)c3ccc(C(=O)OC)cc3[N+](=O)[O-])[C@@H]([N+](=O)[O-])[C@H](c3cccc(Cl)c3F)[C@]23C(=O)Nc2cc(Cl)ccc23)c1. The maximum atomic E-state index is 16.2. The zero-order valence-corrected chi connectivity index (χ0v) is 29.1. The normalized spacial score (nSPS) is 21.0. The number of nitrogens with one attached hydrogen (secondary N) is 1. The van der Waals surface area contributed by atoms with Crippen LogP contribution in [0.1, 0.15) is 65.4 Å². The number of hydrogen-bond donors (Lipinski definition) is 2. The van der Waals surface area contributed by atoms with Gasteiger partial charge < -0.3 is 19.9 Å². The van der Waals surface area contributed by atoms with Crippen molar-refractivity contribution in [3.05, 3.63) is 143 Å². The van der Waals surface area contributed by atoms with Crippen LogP contribution in [0.4, 0.5) is 15.8 Å². The zero-order chi connectivity index (χ0) is 37.5. The minimum atomic E-state index is -1.99. The van der Waals surface area contributed by atoms with Crippen molar-refractivity contribution in [2.45, 2.75) is 57.0 Å². The highest BCUT2D eigenvalue weighted by Crippen LogP contribution is 2.60. The van der Waals surface area contributed by atoms with Gasteiger partial charge in [0.25, 0.3) is 11.6 Å². The number of fused-ring (bicyclic) bond motifs is 2. The smallest absolute Gasteiger partial charge is 0.338 e. The molecule has 0 radical (unpaired) electrons. The zero-order valence-electron chi connectivity index (χ0n) is 27.6. The highest BCUT2D eigenvalue weighted by atomic mass is 35.5. The second-order valence-corrected chi connectivity index (χ2v) is 13.2. The lowest BCUT2D eigenvalue weighted by Gasteiger charge is -2.39. The second kappa shape index (κ2) is 15.4. The van der Waals surface area contributed by atoms with Crippen LogP contribution in [0.15, 0.2) is 78.9 Å². The number of hydrogen-bond acceptors (Lipinski definition) is 10. The van der Waals surface area contributed by atoms with E-state index in [0.29, 0.717) is 17.9 Å². The molecule has 1 fully saturated rings. The number of halogens is 3. The van der Waals surface area contributed by atoms with Crippen molar-refractivity contribution in [1.29, 1.82) is 0 Å². The van der Waals surface area contributed by atoms with E-state index in [4.69, 9.17) is 27.9 Å². The minimum absolute atomic E-state index is 0. The molecule has 1 spiro atoms. The Morgan fingerprint density at radius 2 is 1.81 bits per heavy atom. The Hall–Kier alpha value is -5.15. The Kier molecular flexibility index (Phi) is 11.4. The fraction of sp³-hybridized carbons (Fsp3) is 0.297. The topological polar surface area (TPSA) is 174 Å². The molecule has 4 aromatic carbocycles. The van der Waals surface area contributed by atoms with E-state index in [1.807, 2.05) is 0 Å². The Morgan fingerprint density at radius 1 is 1.08 bits per heavy atom. The number of anilines is 1. The molecule has 16 heteroatoms. The van der Waals surface area contributed by atoms with E-state index in [0.717, 1.165) is 13.2 Å². The van der Waals surface area contributed by atoms with Crippen molar-refractivity contribution in [1.82, 2.24) is 4.90 Å². The van der Waals surface area contributed by atoms with Gasteiger partial charge in [-0.2, -0.15) is 0 Å². The number of nitro benzene ring substituents is 1. The van der Waals surface area contributed by atoms with E-state index in [-0.39, 0.29) is 52.0 Å². The van der Waals surface area contributed by atoms with E-state index < -0.39 is 69.3 Å². The van der Waals surface area contributed by atoms with Crippen LogP contribution in [-0.4, -0.2) is 57.5 Å². The number of nitro groups is 2. The summed E-state index contributed by atoms with van der Waals surface area (Å²) in [4.78, 5) is 52.6. The quantitative estimate of drug-likeness (QED) is 0.0886. The Morgan fingerprint density at radius 3 is 2.49 bits per heavy atom. The molecule has 0 saturated carbocycles. The summed E-state index contributed by atoms with van der Waals surface area (Å²) >= 11 is 12.6. The van der Waals surface area contributed by atoms with Gasteiger partial charge in [-0.1, -0.05) is 61.0 Å². The molecule has 4 aromatic rings. The number of esters is 1. The van der Waals surface area contributed by atoms with Crippen molar-refractivity contribution in [2.75, 3.05) is 19.0 Å². The van der Waals surface area contributed by atoms with E-state index >= 15 is 4.39 Å². The molecule has 53 heavy (non-hydrogen) atoms. The molecule has 2 aliphatic heterocycles. The Balaban J connectivity index is 0.00000541. The second-order valence-electron chi connectivity index (χ2n) is 12.4. The van der Waals surface area contributed by atoms with Gasteiger partial charge in [-0.3, -0.25) is 29.9 Å². The van der Waals surface area contributed by atoms with Gasteiger partial charge in [0.15, 0.2) is 0 Å². The van der Waals surface area contributed by atoms with Crippen molar-refractivity contribution >= 4 is 46.5 Å². The van der Waals surface area contributed by atoms with Gasteiger partial charge in [0.05, 0.1) is 52.9 Å². The first-order valence-corrected chi connectivity index (χ1v) is 16.8. The van der Waals surface area contributed by atoms with Crippen molar-refractivity contribution in [3.63, 3.8) is 0 Å². The molecule has 0 aliphatic carbocycles. The predicted molar refractivity (Wildman–Crippen MR) is 194 cm³/mol. The maximum absolute atomic E-state index is 16.2. The van der Waals surface area contributed by atoms with Gasteiger partial charge in [0.1, 0.15) is 17.1 Å². The van der Waals surface area contributed by atoms with Crippen molar-refractivity contribution in [2.24, 2.45) is 0 Å². The molecule has 0 bridgehead atoms. The van der Waals surface area contributed by atoms with E-state index in [1.165, 1.54) is 42.5 Å². The molecular formula is C37H35Cl2FN4O9. The molecule has 1 unspecified atom stereocenters. The monoisotopic (exact) mass is 768 g/mol. The molecule has 1 amide bonds. The van der Waals surface area contributed by atoms with E-state index in [1.54, 1.807) is 42.2 Å². The summed E-state index contributed by atoms with van der Waals surface area (Å²) in [6.07, 6.45) is -2.28. The molecule has 2 N–H and O–H groups in total. The predicted octanol–water partition coefficient (Wildman–Crippen LogP) is 7.45. The highest BCUT2D eigenvalue weighted by Gasteiger charge is 2.71. The van der Waals surface area contributed by atoms with Crippen LogP contribution in [0, 0.1) is 26.0 Å². The molecule has 13 nitrogen and oxygen atoms in total. The third kappa shape index (κ3) is 6.79. The number of benzene rings is 4. The summed E-state index contributed by atoms with van der Waals surface area (Å²) in [5, 5.41) is 40.1. The Labute approximate surface area is 313 Å². The number of rotatable bonds is 11. The molecule has 2 aliphatic rings. The van der Waals surface area contributed by atoms with Crippen molar-refractivity contribution in [3.8, 4) is 5.75 Å². The number of methoxy groups -OCH3 is 1. The lowest BCUT2D eigenvalue weighted by molar-refractivity contribution is -0.528. The summed E-state index contributed by atoms with van der Waals surface area (Å²) in [5.41, 5.74) is -2.16. The molecule has 0 aromatic heterocycles. The van der Waals surface area contributed by atoms with Crippen LogP contribution >= 0.6 is 23.2 Å². The first kappa shape index (κ1) is 39.1.